The molecule has 4 aromatic carbocycles. The van der Waals surface area contributed by atoms with Gasteiger partial charge in [0.1, 0.15) is 23.7 Å². The topological polar surface area (TPSA) is 110 Å². The minimum Gasteiger partial charge on any atom is -0.493 e. The number of rotatable bonds is 11. The molecule has 11 heteroatoms. The smallest absolute Gasteiger partial charge is 0.341 e. The van der Waals surface area contributed by atoms with Gasteiger partial charge in [-0.2, -0.15) is 9.61 Å². The number of carbonyl (C=O) groups is 3. The fourth-order valence-electron chi connectivity index (χ4n) is 7.26. The molecule has 1 saturated heterocycles. The predicted octanol–water partition coefficient (Wildman–Crippen LogP) is 6.55. The SMILES string of the molecule is CCOc1ccc(CN2C(=O)c3ccccc3C2=O)cc1C(=O)OCCN1CCN(c2cc(-c3ccccc3)nc3c(-c4ccccc4)c(C)nn23)CC1. The van der Waals surface area contributed by atoms with E-state index in [-0.39, 0.29) is 30.5 Å². The lowest BCUT2D eigenvalue weighted by atomic mass is 10.1. The third-order valence-electron chi connectivity index (χ3n) is 10.00. The molecule has 0 atom stereocenters. The number of carbonyl (C=O) groups excluding carboxylic acids is 3. The summed E-state index contributed by atoms with van der Waals surface area (Å²) in [5, 5.41) is 4.98. The normalized spacial score (nSPS) is 14.5. The van der Waals surface area contributed by atoms with Gasteiger partial charge in [0, 0.05) is 49.9 Å². The third kappa shape index (κ3) is 6.69. The second kappa shape index (κ2) is 15.0. The molecule has 2 aliphatic rings. The van der Waals surface area contributed by atoms with Gasteiger partial charge in [-0.25, -0.2) is 9.78 Å². The highest BCUT2D eigenvalue weighted by molar-refractivity contribution is 6.21. The average molecular weight is 721 g/mol. The highest BCUT2D eigenvalue weighted by Crippen LogP contribution is 2.33. The Morgan fingerprint density at radius 2 is 1.43 bits per heavy atom. The fraction of sp³-hybridized carbons (Fsp3) is 0.233. The van der Waals surface area contributed by atoms with Crippen molar-refractivity contribution in [1.29, 1.82) is 0 Å². The zero-order chi connectivity index (χ0) is 37.2. The van der Waals surface area contributed by atoms with Crippen LogP contribution < -0.4 is 9.64 Å². The second-order valence-corrected chi connectivity index (χ2v) is 13.4. The Hall–Kier alpha value is -6.33. The van der Waals surface area contributed by atoms with Crippen LogP contribution in [0, 0.1) is 6.92 Å². The van der Waals surface area contributed by atoms with E-state index in [0.717, 1.165) is 65.7 Å². The van der Waals surface area contributed by atoms with E-state index in [2.05, 4.69) is 40.1 Å². The molecule has 11 nitrogen and oxygen atoms in total. The molecular weight excluding hydrogens is 681 g/mol. The molecule has 54 heavy (non-hydrogen) atoms. The first-order chi connectivity index (χ1) is 26.4. The first-order valence-electron chi connectivity index (χ1n) is 18.3. The highest BCUT2D eigenvalue weighted by atomic mass is 16.5. The van der Waals surface area contributed by atoms with E-state index in [0.29, 0.717) is 35.6 Å². The van der Waals surface area contributed by atoms with Crippen molar-refractivity contribution in [1.82, 2.24) is 24.4 Å². The number of imide groups is 1. The molecule has 0 unspecified atom stereocenters. The van der Waals surface area contributed by atoms with Crippen molar-refractivity contribution in [3.63, 3.8) is 0 Å². The predicted molar refractivity (Wildman–Crippen MR) is 206 cm³/mol. The Morgan fingerprint density at radius 3 is 2.09 bits per heavy atom. The third-order valence-corrected chi connectivity index (χ3v) is 10.00. The summed E-state index contributed by atoms with van der Waals surface area (Å²) in [6, 6.07) is 34.5. The number of anilines is 1. The van der Waals surface area contributed by atoms with E-state index in [1.165, 1.54) is 4.90 Å². The van der Waals surface area contributed by atoms with Gasteiger partial charge < -0.3 is 14.4 Å². The van der Waals surface area contributed by atoms with E-state index in [9.17, 15) is 14.4 Å². The number of nitrogens with zero attached hydrogens (tertiary/aromatic N) is 6. The lowest BCUT2D eigenvalue weighted by Crippen LogP contribution is -2.48. The zero-order valence-corrected chi connectivity index (χ0v) is 30.3. The minimum absolute atomic E-state index is 0.0333. The quantitative estimate of drug-likeness (QED) is 0.109. The first kappa shape index (κ1) is 34.7. The Balaban J connectivity index is 0.939. The van der Waals surface area contributed by atoms with Gasteiger partial charge in [0.2, 0.25) is 0 Å². The average Bonchev–Trinajstić information content (AvgIpc) is 3.67. The number of ether oxygens (including phenoxy) is 2. The molecule has 2 aromatic heterocycles. The molecule has 0 saturated carbocycles. The van der Waals surface area contributed by atoms with Crippen LogP contribution in [0.15, 0.2) is 109 Å². The molecule has 0 aliphatic carbocycles. The number of hydrogen-bond donors (Lipinski definition) is 0. The molecule has 272 valence electrons. The number of fused-ring (bicyclic) bond motifs is 2. The van der Waals surface area contributed by atoms with Gasteiger partial charge in [-0.1, -0.05) is 78.9 Å². The van der Waals surface area contributed by atoms with Gasteiger partial charge in [-0.05, 0) is 49.2 Å². The largest absolute Gasteiger partial charge is 0.493 e. The molecule has 0 bridgehead atoms. The molecule has 4 heterocycles. The molecule has 6 aromatic rings. The number of esters is 1. The summed E-state index contributed by atoms with van der Waals surface area (Å²) in [5.74, 6) is 0.160. The molecule has 0 radical (unpaired) electrons. The molecular formula is C43H40N6O5. The van der Waals surface area contributed by atoms with Crippen LogP contribution >= 0.6 is 0 Å². The Kier molecular flexibility index (Phi) is 9.62. The zero-order valence-electron chi connectivity index (χ0n) is 30.3. The van der Waals surface area contributed by atoms with Crippen molar-refractivity contribution in [3.05, 3.63) is 137 Å². The lowest BCUT2D eigenvalue weighted by Gasteiger charge is -2.36. The van der Waals surface area contributed by atoms with Crippen molar-refractivity contribution in [2.45, 2.75) is 20.4 Å². The Bertz CT molecular complexity index is 2320. The second-order valence-electron chi connectivity index (χ2n) is 13.4. The summed E-state index contributed by atoms with van der Waals surface area (Å²) in [7, 11) is 0. The molecule has 1 fully saturated rings. The monoisotopic (exact) mass is 720 g/mol. The van der Waals surface area contributed by atoms with Crippen LogP contribution in [-0.2, 0) is 11.3 Å². The number of amides is 2. The van der Waals surface area contributed by atoms with Gasteiger partial charge in [0.25, 0.3) is 11.8 Å². The standard InChI is InChI=1S/C43H40N6O5/c1-3-53-37-19-18-30(28-48-41(50)33-16-10-11-17-34(33)42(48)51)26-35(37)43(52)54-25-24-46-20-22-47(23-21-46)38-27-36(31-12-6-4-7-13-31)44-40-39(29(2)45-49(38)40)32-14-8-5-9-15-32/h4-19,26-27H,3,20-25,28H2,1-2H3. The van der Waals surface area contributed by atoms with E-state index in [4.69, 9.17) is 19.6 Å². The summed E-state index contributed by atoms with van der Waals surface area (Å²) in [4.78, 5) is 50.3. The van der Waals surface area contributed by atoms with Crippen LogP contribution in [0.4, 0.5) is 5.82 Å². The maximum Gasteiger partial charge on any atom is 0.341 e. The van der Waals surface area contributed by atoms with Gasteiger partial charge in [0.15, 0.2) is 5.65 Å². The first-order valence-corrected chi connectivity index (χ1v) is 18.3. The Labute approximate surface area is 313 Å². The lowest BCUT2D eigenvalue weighted by molar-refractivity contribution is 0.0454. The van der Waals surface area contributed by atoms with Gasteiger partial charge in [-0.3, -0.25) is 19.4 Å². The van der Waals surface area contributed by atoms with E-state index in [1.54, 1.807) is 42.5 Å². The van der Waals surface area contributed by atoms with E-state index < -0.39 is 5.97 Å². The number of piperazine rings is 1. The maximum atomic E-state index is 13.4. The van der Waals surface area contributed by atoms with Crippen LogP contribution in [0.1, 0.15) is 49.3 Å². The summed E-state index contributed by atoms with van der Waals surface area (Å²) in [6.45, 7) is 8.10. The molecule has 2 amide bonds. The van der Waals surface area contributed by atoms with Crippen molar-refractivity contribution >= 4 is 29.2 Å². The van der Waals surface area contributed by atoms with Crippen LogP contribution in [0.2, 0.25) is 0 Å². The minimum atomic E-state index is -0.516. The number of aryl methyl sites for hydroxylation is 1. The van der Waals surface area contributed by atoms with Crippen molar-refractivity contribution in [3.8, 4) is 28.1 Å². The molecule has 0 spiro atoms. The molecule has 2 aliphatic heterocycles. The maximum absolute atomic E-state index is 13.4. The van der Waals surface area contributed by atoms with Gasteiger partial charge in [0.05, 0.1) is 35.7 Å². The summed E-state index contributed by atoms with van der Waals surface area (Å²) in [5.41, 5.74) is 7.43. The molecule has 8 rings (SSSR count). The van der Waals surface area contributed by atoms with Crippen molar-refractivity contribution < 1.29 is 23.9 Å². The number of aromatic nitrogens is 3. The number of hydrogen-bond acceptors (Lipinski definition) is 9. The summed E-state index contributed by atoms with van der Waals surface area (Å²) < 4.78 is 13.5. The van der Waals surface area contributed by atoms with Crippen LogP contribution in [0.3, 0.4) is 0 Å². The Morgan fingerprint density at radius 1 is 0.778 bits per heavy atom. The van der Waals surface area contributed by atoms with Crippen LogP contribution in [-0.4, -0.2) is 88.1 Å². The van der Waals surface area contributed by atoms with E-state index in [1.807, 2.05) is 54.8 Å². The molecule has 0 N–H and O–H groups in total. The fourth-order valence-corrected chi connectivity index (χ4v) is 7.26. The van der Waals surface area contributed by atoms with E-state index >= 15 is 0 Å². The van der Waals surface area contributed by atoms with Gasteiger partial charge >= 0.3 is 5.97 Å². The summed E-state index contributed by atoms with van der Waals surface area (Å²) in [6.07, 6.45) is 0. The van der Waals surface area contributed by atoms with Crippen molar-refractivity contribution in [2.75, 3.05) is 50.8 Å². The number of benzene rings is 4. The van der Waals surface area contributed by atoms with Crippen LogP contribution in [0.25, 0.3) is 28.0 Å². The summed E-state index contributed by atoms with van der Waals surface area (Å²) >= 11 is 0. The highest BCUT2D eigenvalue weighted by Gasteiger charge is 2.35. The van der Waals surface area contributed by atoms with Crippen molar-refractivity contribution in [2.24, 2.45) is 0 Å². The van der Waals surface area contributed by atoms with Gasteiger partial charge in [-0.15, -0.1) is 0 Å². The van der Waals surface area contributed by atoms with Crippen LogP contribution in [0.5, 0.6) is 5.75 Å².